The predicted molar refractivity (Wildman–Crippen MR) is 123 cm³/mol. The van der Waals surface area contributed by atoms with E-state index in [4.69, 9.17) is 23.5 Å². The highest BCUT2D eigenvalue weighted by Gasteiger charge is 2.52. The van der Waals surface area contributed by atoms with Gasteiger partial charge >= 0.3 is 7.12 Å². The van der Waals surface area contributed by atoms with Gasteiger partial charge in [-0.2, -0.15) is 0 Å². The van der Waals surface area contributed by atoms with Gasteiger partial charge in [0.1, 0.15) is 18.3 Å². The average molecular weight is 462 g/mol. The zero-order valence-electron chi connectivity index (χ0n) is 19.5. The summed E-state index contributed by atoms with van der Waals surface area (Å²) in [7, 11) is -3.79. The lowest BCUT2D eigenvalue weighted by atomic mass is 9.76. The molecule has 174 valence electrons. The van der Waals surface area contributed by atoms with E-state index in [1.807, 2.05) is 52.8 Å². The van der Waals surface area contributed by atoms with Gasteiger partial charge in [-0.25, -0.2) is 8.42 Å². The first-order valence-electron chi connectivity index (χ1n) is 10.5. The van der Waals surface area contributed by atoms with E-state index in [-0.39, 0.29) is 11.7 Å². The van der Waals surface area contributed by atoms with Gasteiger partial charge in [-0.15, -0.1) is 0 Å². The molecule has 0 unspecified atom stereocenters. The van der Waals surface area contributed by atoms with Gasteiger partial charge in [-0.1, -0.05) is 6.07 Å². The van der Waals surface area contributed by atoms with Crippen LogP contribution in [0.1, 0.15) is 40.2 Å². The Morgan fingerprint density at radius 2 is 1.50 bits per heavy atom. The number of hydrogen-bond acceptors (Lipinski definition) is 7. The first-order chi connectivity index (χ1) is 14.9. The number of benzene rings is 2. The van der Waals surface area contributed by atoms with Gasteiger partial charge in [0.15, 0.2) is 9.84 Å². The summed E-state index contributed by atoms with van der Waals surface area (Å²) in [4.78, 5) is 0.242. The zero-order chi connectivity index (χ0) is 23.6. The van der Waals surface area contributed by atoms with E-state index >= 15 is 0 Å². The van der Waals surface area contributed by atoms with Crippen molar-refractivity contribution in [2.75, 3.05) is 19.7 Å². The quantitative estimate of drug-likeness (QED) is 0.320. The minimum Gasteiger partial charge on any atom is -0.457 e. The second-order valence-electron chi connectivity index (χ2n) is 8.75. The topological polar surface area (TPSA) is 80.3 Å². The molecule has 1 saturated heterocycles. The maximum Gasteiger partial charge on any atom is 0.495 e. The summed E-state index contributed by atoms with van der Waals surface area (Å²) in [5.74, 6) is 1.12. The molecule has 7 nitrogen and oxygen atoms in total. The summed E-state index contributed by atoms with van der Waals surface area (Å²) in [6, 6.07) is 11.9. The van der Waals surface area contributed by atoms with Crippen molar-refractivity contribution in [2.45, 2.75) is 57.3 Å². The van der Waals surface area contributed by atoms with E-state index in [9.17, 15) is 8.42 Å². The van der Waals surface area contributed by atoms with Crippen molar-refractivity contribution in [2.24, 2.45) is 0 Å². The molecule has 0 spiro atoms. The molecule has 1 fully saturated rings. The predicted octanol–water partition coefficient (Wildman–Crippen LogP) is 3.69. The molecule has 3 rings (SSSR count). The molecule has 0 N–H and O–H groups in total. The number of rotatable bonds is 9. The summed E-state index contributed by atoms with van der Waals surface area (Å²) in [5, 5.41) is 0. The summed E-state index contributed by atoms with van der Waals surface area (Å²) in [5.41, 5.74) is 0.795. The fourth-order valence-corrected chi connectivity index (χ4v) is 3.79. The molecule has 32 heavy (non-hydrogen) atoms. The molecule has 0 aromatic heterocycles. The van der Waals surface area contributed by atoms with Crippen LogP contribution in [0.4, 0.5) is 0 Å². The summed E-state index contributed by atoms with van der Waals surface area (Å²) in [6.07, 6.45) is 1.17. The van der Waals surface area contributed by atoms with Crippen molar-refractivity contribution in [1.82, 2.24) is 0 Å². The van der Waals surface area contributed by atoms with Crippen LogP contribution in [0.25, 0.3) is 0 Å². The summed E-state index contributed by atoms with van der Waals surface area (Å²) in [6.45, 7) is 11.0. The van der Waals surface area contributed by atoms with E-state index in [2.05, 4.69) is 0 Å². The largest absolute Gasteiger partial charge is 0.495 e. The molecular formula is C23H31BO7S. The fourth-order valence-electron chi connectivity index (χ4n) is 3.16. The van der Waals surface area contributed by atoms with E-state index in [1.54, 1.807) is 12.1 Å². The molecule has 0 atom stereocenters. The molecule has 1 aliphatic rings. The first-order valence-corrected chi connectivity index (χ1v) is 12.4. The minimum absolute atomic E-state index is 0.178. The highest BCUT2D eigenvalue weighted by atomic mass is 32.2. The Balaban J connectivity index is 1.84. The van der Waals surface area contributed by atoms with Crippen LogP contribution < -0.4 is 10.2 Å². The normalized spacial score (nSPS) is 17.5. The minimum atomic E-state index is -3.26. The summed E-state index contributed by atoms with van der Waals surface area (Å²) < 4.78 is 52.7. The second kappa shape index (κ2) is 9.53. The fraction of sp³-hybridized carbons (Fsp3) is 0.478. The lowest BCUT2D eigenvalue weighted by molar-refractivity contribution is -0.0570. The van der Waals surface area contributed by atoms with Crippen molar-refractivity contribution in [3.8, 4) is 11.5 Å². The van der Waals surface area contributed by atoms with Crippen LogP contribution in [0.2, 0.25) is 0 Å². The highest BCUT2D eigenvalue weighted by molar-refractivity contribution is 7.90. The first kappa shape index (κ1) is 24.7. The molecule has 2 aromatic carbocycles. The Kier molecular flexibility index (Phi) is 7.36. The molecule has 0 aliphatic carbocycles. The van der Waals surface area contributed by atoms with Crippen molar-refractivity contribution < 1.29 is 31.9 Å². The van der Waals surface area contributed by atoms with Crippen molar-refractivity contribution in [1.29, 1.82) is 0 Å². The Bertz CT molecular complexity index is 1020. The van der Waals surface area contributed by atoms with Crippen LogP contribution in [0.3, 0.4) is 0 Å². The molecule has 0 radical (unpaired) electrons. The van der Waals surface area contributed by atoms with Crippen LogP contribution >= 0.6 is 0 Å². The molecule has 1 heterocycles. The lowest BCUT2D eigenvalue weighted by Gasteiger charge is -2.32. The molecule has 0 amide bonds. The SMILES string of the molecule is CCOCOCc1cc(Oc2ccc(S(C)(=O)=O)cc2)ccc1B1OC(C)(C)C(C)(C)O1. The van der Waals surface area contributed by atoms with E-state index in [0.29, 0.717) is 24.7 Å². The maximum absolute atomic E-state index is 11.7. The molecular weight excluding hydrogens is 431 g/mol. The van der Waals surface area contributed by atoms with Crippen molar-refractivity contribution >= 4 is 22.4 Å². The molecule has 9 heteroatoms. The maximum atomic E-state index is 11.7. The van der Waals surface area contributed by atoms with Crippen LogP contribution in [-0.4, -0.2) is 46.4 Å². The van der Waals surface area contributed by atoms with Gasteiger partial charge < -0.3 is 23.5 Å². The Labute approximate surface area is 191 Å². The van der Waals surface area contributed by atoms with Crippen LogP contribution in [-0.2, 0) is 35.2 Å². The van der Waals surface area contributed by atoms with Gasteiger partial charge in [-0.05, 0) is 82.0 Å². The third-order valence-corrected chi connectivity index (χ3v) is 6.87. The molecule has 2 aromatic rings. The lowest BCUT2D eigenvalue weighted by Crippen LogP contribution is -2.41. The Morgan fingerprint density at radius 1 is 0.906 bits per heavy atom. The van der Waals surface area contributed by atoms with Crippen LogP contribution in [0, 0.1) is 0 Å². The van der Waals surface area contributed by atoms with Gasteiger partial charge in [0, 0.05) is 12.9 Å². The van der Waals surface area contributed by atoms with Crippen molar-refractivity contribution in [3.63, 3.8) is 0 Å². The number of hydrogen-bond donors (Lipinski definition) is 0. The summed E-state index contributed by atoms with van der Waals surface area (Å²) >= 11 is 0. The number of ether oxygens (including phenoxy) is 3. The van der Waals surface area contributed by atoms with Gasteiger partial charge in [0.2, 0.25) is 0 Å². The molecule has 0 saturated carbocycles. The monoisotopic (exact) mass is 462 g/mol. The molecule has 0 bridgehead atoms. The Hall–Kier alpha value is -1.91. The van der Waals surface area contributed by atoms with E-state index < -0.39 is 28.2 Å². The highest BCUT2D eigenvalue weighted by Crippen LogP contribution is 2.37. The average Bonchev–Trinajstić information content (AvgIpc) is 2.92. The van der Waals surface area contributed by atoms with Gasteiger partial charge in [0.25, 0.3) is 0 Å². The number of sulfone groups is 1. The van der Waals surface area contributed by atoms with E-state index in [1.165, 1.54) is 18.4 Å². The Morgan fingerprint density at radius 3 is 2.06 bits per heavy atom. The molecule has 1 aliphatic heterocycles. The van der Waals surface area contributed by atoms with Crippen LogP contribution in [0.5, 0.6) is 11.5 Å². The van der Waals surface area contributed by atoms with E-state index in [0.717, 1.165) is 11.0 Å². The zero-order valence-corrected chi connectivity index (χ0v) is 20.3. The third-order valence-electron chi connectivity index (χ3n) is 5.74. The standard InChI is InChI=1S/C23H31BO7S/c1-7-27-16-28-15-17-14-19(29-18-8-11-20(12-9-18)32(6,25)26)10-13-21(17)24-30-22(2,3)23(4,5)31-24/h8-14H,7,15-16H2,1-6H3. The third kappa shape index (κ3) is 5.71. The van der Waals surface area contributed by atoms with Gasteiger partial charge in [-0.3, -0.25) is 0 Å². The van der Waals surface area contributed by atoms with Gasteiger partial charge in [0.05, 0.1) is 22.7 Å². The smallest absolute Gasteiger partial charge is 0.457 e. The van der Waals surface area contributed by atoms with Crippen molar-refractivity contribution in [3.05, 3.63) is 48.0 Å². The van der Waals surface area contributed by atoms with Crippen LogP contribution in [0.15, 0.2) is 47.4 Å². The second-order valence-corrected chi connectivity index (χ2v) is 10.8.